The van der Waals surface area contributed by atoms with Gasteiger partial charge in [0.2, 0.25) is 0 Å². The van der Waals surface area contributed by atoms with Crippen LogP contribution in [-0.2, 0) is 15.1 Å². The molecule has 0 bridgehead atoms. The van der Waals surface area contributed by atoms with Crippen LogP contribution in [0.4, 0.5) is 8.78 Å². The molecule has 2 atom stereocenters. The number of hydrogen-bond donors (Lipinski definition) is 1. The Morgan fingerprint density at radius 1 is 1.36 bits per heavy atom. The molecule has 2 heterocycles. The molecule has 152 valence electrons. The summed E-state index contributed by atoms with van der Waals surface area (Å²) < 4.78 is 41.8. The van der Waals surface area contributed by atoms with Crippen LogP contribution >= 0.6 is 22.9 Å². The minimum absolute atomic E-state index is 0.0623. The van der Waals surface area contributed by atoms with Gasteiger partial charge in [0.1, 0.15) is 17.1 Å². The summed E-state index contributed by atoms with van der Waals surface area (Å²) in [4.78, 5) is 6.10. The van der Waals surface area contributed by atoms with Gasteiger partial charge in [0.05, 0.1) is 14.6 Å². The van der Waals surface area contributed by atoms with E-state index in [-0.39, 0.29) is 17.3 Å². The van der Waals surface area contributed by atoms with E-state index in [0.717, 1.165) is 4.88 Å². The molecular formula is C19H21ClF2N2O2S2. The molecule has 1 aliphatic heterocycles. The smallest absolute Gasteiger partial charge is 0.387 e. The maximum atomic E-state index is 13.2. The highest BCUT2D eigenvalue weighted by atomic mass is 35.5. The summed E-state index contributed by atoms with van der Waals surface area (Å²) >= 11 is 7.85. The third-order valence-corrected chi connectivity index (χ3v) is 9.89. The van der Waals surface area contributed by atoms with Crippen LogP contribution in [0.2, 0.25) is 5.02 Å². The summed E-state index contributed by atoms with van der Waals surface area (Å²) in [6.45, 7) is 2.48. The van der Waals surface area contributed by atoms with E-state index in [1.807, 2.05) is 6.92 Å². The van der Waals surface area contributed by atoms with E-state index in [9.17, 15) is 13.0 Å². The van der Waals surface area contributed by atoms with Crippen molar-refractivity contribution in [3.63, 3.8) is 0 Å². The van der Waals surface area contributed by atoms with Gasteiger partial charge in [-0.3, -0.25) is 9.20 Å². The molecule has 0 saturated carbocycles. The Labute approximate surface area is 172 Å². The van der Waals surface area contributed by atoms with Crippen LogP contribution in [0.5, 0.6) is 5.75 Å². The Hall–Kier alpha value is -1.64. The van der Waals surface area contributed by atoms with E-state index in [1.54, 1.807) is 32.0 Å². The monoisotopic (exact) mass is 446 g/mol. The molecule has 3 rings (SSSR count). The normalized spacial score (nSPS) is 26.9. The molecule has 0 aliphatic carbocycles. The SMILES string of the molecule is C=S1(=O)C[C@@](C)(c2sc(-c3cccc(OC(F)F)c3)cc2Cl)N=C(N)C1(C)C. The lowest BCUT2D eigenvalue weighted by molar-refractivity contribution is -0.0498. The van der Waals surface area contributed by atoms with Crippen molar-refractivity contribution in [1.29, 1.82) is 0 Å². The minimum atomic E-state index is -2.90. The van der Waals surface area contributed by atoms with Crippen LogP contribution in [0.15, 0.2) is 35.3 Å². The van der Waals surface area contributed by atoms with Crippen molar-refractivity contribution in [1.82, 2.24) is 0 Å². The third kappa shape index (κ3) is 3.65. The van der Waals surface area contributed by atoms with Gasteiger partial charge in [0, 0.05) is 10.6 Å². The first kappa shape index (κ1) is 21.1. The Bertz CT molecular complexity index is 1050. The fourth-order valence-corrected chi connectivity index (χ4v) is 6.70. The van der Waals surface area contributed by atoms with Crippen molar-refractivity contribution >= 4 is 44.2 Å². The first-order valence-corrected chi connectivity index (χ1v) is 11.5. The maximum absolute atomic E-state index is 13.2. The van der Waals surface area contributed by atoms with E-state index in [0.29, 0.717) is 15.5 Å². The highest BCUT2D eigenvalue weighted by molar-refractivity contribution is 8.02. The second-order valence-electron chi connectivity index (χ2n) is 7.43. The number of rotatable bonds is 4. The van der Waals surface area contributed by atoms with Crippen LogP contribution in [0, 0.1) is 0 Å². The molecule has 0 fully saturated rings. The molecule has 4 nitrogen and oxygen atoms in total. The number of thiophene rings is 1. The largest absolute Gasteiger partial charge is 0.435 e. The van der Waals surface area contributed by atoms with Crippen molar-refractivity contribution in [2.24, 2.45) is 10.7 Å². The Morgan fingerprint density at radius 2 is 2.04 bits per heavy atom. The zero-order valence-electron chi connectivity index (χ0n) is 15.7. The fourth-order valence-electron chi connectivity index (χ4n) is 3.08. The molecule has 1 aliphatic rings. The molecule has 0 spiro atoms. The van der Waals surface area contributed by atoms with Gasteiger partial charge in [0.25, 0.3) is 0 Å². The van der Waals surface area contributed by atoms with Crippen LogP contribution in [0.3, 0.4) is 0 Å². The Morgan fingerprint density at radius 3 is 2.64 bits per heavy atom. The summed E-state index contributed by atoms with van der Waals surface area (Å²) in [6.07, 6.45) is 0. The number of amidine groups is 1. The number of nitrogens with zero attached hydrogens (tertiary/aromatic N) is 1. The van der Waals surface area contributed by atoms with Gasteiger partial charge in [-0.05, 0) is 59.9 Å². The van der Waals surface area contributed by atoms with Crippen molar-refractivity contribution in [2.45, 2.75) is 37.7 Å². The molecule has 2 aromatic rings. The zero-order valence-corrected chi connectivity index (χ0v) is 18.1. The minimum Gasteiger partial charge on any atom is -0.435 e. The predicted octanol–water partition coefficient (Wildman–Crippen LogP) is 4.75. The number of alkyl halides is 2. The lowest BCUT2D eigenvalue weighted by Gasteiger charge is -2.40. The number of nitrogens with two attached hydrogens (primary N) is 1. The molecule has 28 heavy (non-hydrogen) atoms. The van der Waals surface area contributed by atoms with Crippen molar-refractivity contribution in [3.8, 4) is 16.2 Å². The Kier molecular flexibility index (Phi) is 5.27. The average Bonchev–Trinajstić information content (AvgIpc) is 2.95. The lowest BCUT2D eigenvalue weighted by Crippen LogP contribution is -2.54. The third-order valence-electron chi connectivity index (χ3n) is 4.95. The molecule has 2 N–H and O–H groups in total. The molecule has 0 amide bonds. The quantitative estimate of drug-likeness (QED) is 0.689. The molecular weight excluding hydrogens is 426 g/mol. The van der Waals surface area contributed by atoms with Crippen LogP contribution in [0.1, 0.15) is 25.6 Å². The topological polar surface area (TPSA) is 64.7 Å². The number of halogens is 3. The van der Waals surface area contributed by atoms with Crippen LogP contribution in [0.25, 0.3) is 10.4 Å². The molecule has 0 saturated heterocycles. The Balaban J connectivity index is 2.05. The van der Waals surface area contributed by atoms with Crippen molar-refractivity contribution in [3.05, 3.63) is 40.2 Å². The first-order valence-electron chi connectivity index (χ1n) is 8.41. The average molecular weight is 447 g/mol. The van der Waals surface area contributed by atoms with E-state index < -0.39 is 26.4 Å². The van der Waals surface area contributed by atoms with Gasteiger partial charge in [-0.1, -0.05) is 23.7 Å². The zero-order chi connectivity index (χ0) is 20.9. The molecule has 1 aromatic carbocycles. The van der Waals surface area contributed by atoms with Gasteiger partial charge in [-0.25, -0.2) is 0 Å². The summed E-state index contributed by atoms with van der Waals surface area (Å²) in [7, 11) is -2.57. The van der Waals surface area contributed by atoms with Crippen molar-refractivity contribution in [2.75, 3.05) is 5.75 Å². The summed E-state index contributed by atoms with van der Waals surface area (Å²) in [5.41, 5.74) is 5.94. The standard InChI is InChI=1S/C19H21ClF2N2O2S2/c1-18(2)16(23)24-19(3,10-28(18,4)25)15-13(20)9-14(27-15)11-6-5-7-12(8-11)26-17(21)22/h5-9,17H,4,10H2,1-3H3,(H2,23,24)/t19-,28?/m0/s1. The van der Waals surface area contributed by atoms with Gasteiger partial charge in [-0.2, -0.15) is 8.78 Å². The van der Waals surface area contributed by atoms with Crippen molar-refractivity contribution < 1.29 is 17.7 Å². The van der Waals surface area contributed by atoms with Crippen LogP contribution < -0.4 is 10.5 Å². The van der Waals surface area contributed by atoms with E-state index >= 15 is 0 Å². The van der Waals surface area contributed by atoms with Gasteiger partial charge >= 0.3 is 6.61 Å². The highest BCUT2D eigenvalue weighted by Crippen LogP contribution is 2.46. The number of ether oxygens (including phenoxy) is 1. The maximum Gasteiger partial charge on any atom is 0.387 e. The second-order valence-corrected chi connectivity index (χ2v) is 11.8. The van der Waals surface area contributed by atoms with Gasteiger partial charge in [0.15, 0.2) is 0 Å². The highest BCUT2D eigenvalue weighted by Gasteiger charge is 2.46. The van der Waals surface area contributed by atoms with Gasteiger partial charge < -0.3 is 10.5 Å². The number of benzene rings is 1. The van der Waals surface area contributed by atoms with Crippen LogP contribution in [-0.4, -0.2) is 33.0 Å². The first-order chi connectivity index (χ1) is 12.9. The number of aliphatic imine (C=N–C) groups is 1. The number of hydrogen-bond acceptors (Lipinski definition) is 5. The molecule has 9 heteroatoms. The van der Waals surface area contributed by atoms with Gasteiger partial charge in [-0.15, -0.1) is 11.3 Å². The fraction of sp³-hybridized carbons (Fsp3) is 0.368. The second kappa shape index (κ2) is 7.00. The summed E-state index contributed by atoms with van der Waals surface area (Å²) in [6, 6.07) is 8.12. The summed E-state index contributed by atoms with van der Waals surface area (Å²) in [5.74, 6) is 4.48. The molecule has 1 unspecified atom stereocenters. The van der Waals surface area contributed by atoms with E-state index in [1.165, 1.54) is 23.5 Å². The van der Waals surface area contributed by atoms with E-state index in [4.69, 9.17) is 17.3 Å². The molecule has 1 aromatic heterocycles. The lowest BCUT2D eigenvalue weighted by atomic mass is 10.0. The molecule has 0 radical (unpaired) electrons. The summed E-state index contributed by atoms with van der Waals surface area (Å²) in [5, 5.41) is 0.453. The van der Waals surface area contributed by atoms with E-state index in [2.05, 4.69) is 15.6 Å². The predicted molar refractivity (Wildman–Crippen MR) is 115 cm³/mol.